The summed E-state index contributed by atoms with van der Waals surface area (Å²) in [6.45, 7) is 3.98. The summed E-state index contributed by atoms with van der Waals surface area (Å²) in [7, 11) is 0. The molecule has 0 aliphatic heterocycles. The smallest absolute Gasteiger partial charge is 0.308 e. The number of rotatable bonds is 19. The predicted molar refractivity (Wildman–Crippen MR) is 110 cm³/mol. The van der Waals surface area contributed by atoms with E-state index in [1.165, 1.54) is 83.5 Å². The highest BCUT2D eigenvalue weighted by Gasteiger charge is 2.27. The zero-order valence-corrected chi connectivity index (χ0v) is 17.6. The van der Waals surface area contributed by atoms with Crippen LogP contribution in [0.1, 0.15) is 123 Å². The Bertz CT molecular complexity index is 317. The van der Waals surface area contributed by atoms with Gasteiger partial charge in [0.15, 0.2) is 0 Å². The average molecular weight is 372 g/mol. The van der Waals surface area contributed by atoms with E-state index >= 15 is 0 Å². The lowest BCUT2D eigenvalue weighted by atomic mass is 10.0. The standard InChI is InChI=1S/C22H45NO3/c1-3-5-6-7-8-9-10-11-12-13-14-15-16-17-18-19-21(24)26-22(25,4-2)20-23/h25H,3-20,23H2,1-2H3. The molecule has 4 nitrogen and oxygen atoms in total. The first kappa shape index (κ1) is 25.4. The van der Waals surface area contributed by atoms with E-state index in [1.807, 2.05) is 0 Å². The van der Waals surface area contributed by atoms with Crippen LogP contribution in [0.5, 0.6) is 0 Å². The molecule has 0 aromatic rings. The molecular weight excluding hydrogens is 326 g/mol. The van der Waals surface area contributed by atoms with Crippen LogP contribution in [-0.4, -0.2) is 23.4 Å². The van der Waals surface area contributed by atoms with Crippen LogP contribution >= 0.6 is 0 Å². The second-order valence-corrected chi connectivity index (χ2v) is 7.68. The number of carbonyl (C=O) groups is 1. The zero-order valence-electron chi connectivity index (χ0n) is 17.6. The minimum Gasteiger partial charge on any atom is -0.432 e. The third kappa shape index (κ3) is 15.6. The molecule has 0 heterocycles. The topological polar surface area (TPSA) is 72.5 Å². The number of esters is 1. The lowest BCUT2D eigenvalue weighted by Crippen LogP contribution is -2.41. The van der Waals surface area contributed by atoms with Crippen LogP contribution in [0.15, 0.2) is 0 Å². The van der Waals surface area contributed by atoms with Gasteiger partial charge in [-0.3, -0.25) is 4.79 Å². The van der Waals surface area contributed by atoms with Gasteiger partial charge in [-0.15, -0.1) is 0 Å². The van der Waals surface area contributed by atoms with Gasteiger partial charge >= 0.3 is 5.97 Å². The van der Waals surface area contributed by atoms with Crippen LogP contribution in [-0.2, 0) is 9.53 Å². The summed E-state index contributed by atoms with van der Waals surface area (Å²) in [5.41, 5.74) is 5.42. The maximum absolute atomic E-state index is 11.7. The van der Waals surface area contributed by atoms with Crippen molar-refractivity contribution in [3.05, 3.63) is 0 Å². The van der Waals surface area contributed by atoms with Gasteiger partial charge < -0.3 is 15.6 Å². The van der Waals surface area contributed by atoms with Crippen molar-refractivity contribution in [3.8, 4) is 0 Å². The fourth-order valence-electron chi connectivity index (χ4n) is 3.16. The predicted octanol–water partition coefficient (Wildman–Crippen LogP) is 5.85. The summed E-state index contributed by atoms with van der Waals surface area (Å²) >= 11 is 0. The minimum absolute atomic E-state index is 0.0475. The van der Waals surface area contributed by atoms with Crippen molar-refractivity contribution in [2.24, 2.45) is 5.73 Å². The second-order valence-electron chi connectivity index (χ2n) is 7.68. The molecule has 0 aromatic carbocycles. The Morgan fingerprint density at radius 2 is 1.15 bits per heavy atom. The first-order valence-corrected chi connectivity index (χ1v) is 11.2. The van der Waals surface area contributed by atoms with Gasteiger partial charge in [-0.2, -0.15) is 0 Å². The number of aliphatic hydroxyl groups is 1. The van der Waals surface area contributed by atoms with E-state index in [4.69, 9.17) is 10.5 Å². The van der Waals surface area contributed by atoms with Gasteiger partial charge in [0.2, 0.25) is 5.79 Å². The number of carbonyl (C=O) groups excluding carboxylic acids is 1. The van der Waals surface area contributed by atoms with E-state index in [2.05, 4.69) is 6.92 Å². The van der Waals surface area contributed by atoms with Crippen LogP contribution in [0.4, 0.5) is 0 Å². The van der Waals surface area contributed by atoms with Crippen molar-refractivity contribution in [2.75, 3.05) is 6.54 Å². The van der Waals surface area contributed by atoms with Gasteiger partial charge in [0.1, 0.15) is 0 Å². The Morgan fingerprint density at radius 3 is 1.50 bits per heavy atom. The molecule has 0 fully saturated rings. The monoisotopic (exact) mass is 371 g/mol. The van der Waals surface area contributed by atoms with Crippen LogP contribution in [0.2, 0.25) is 0 Å². The number of ether oxygens (including phenoxy) is 1. The Kier molecular flexibility index (Phi) is 17.4. The van der Waals surface area contributed by atoms with E-state index in [0.717, 1.165) is 12.8 Å². The molecule has 0 rings (SSSR count). The van der Waals surface area contributed by atoms with Gasteiger partial charge in [-0.1, -0.05) is 104 Å². The zero-order chi connectivity index (χ0) is 19.5. The third-order valence-electron chi connectivity index (χ3n) is 5.16. The highest BCUT2D eigenvalue weighted by molar-refractivity contribution is 5.69. The minimum atomic E-state index is -1.48. The Labute approximate surface area is 162 Å². The van der Waals surface area contributed by atoms with E-state index in [0.29, 0.717) is 12.8 Å². The summed E-state index contributed by atoms with van der Waals surface area (Å²) in [5.74, 6) is -1.82. The molecule has 156 valence electrons. The van der Waals surface area contributed by atoms with Crippen molar-refractivity contribution in [3.63, 3.8) is 0 Å². The summed E-state index contributed by atoms with van der Waals surface area (Å²) in [4.78, 5) is 11.7. The van der Waals surface area contributed by atoms with Crippen molar-refractivity contribution in [1.82, 2.24) is 0 Å². The quantitative estimate of drug-likeness (QED) is 0.170. The van der Waals surface area contributed by atoms with Gasteiger partial charge in [-0.05, 0) is 6.42 Å². The number of hydrogen-bond acceptors (Lipinski definition) is 4. The number of unbranched alkanes of at least 4 members (excludes halogenated alkanes) is 14. The fourth-order valence-corrected chi connectivity index (χ4v) is 3.16. The fraction of sp³-hybridized carbons (Fsp3) is 0.955. The van der Waals surface area contributed by atoms with Crippen molar-refractivity contribution in [1.29, 1.82) is 0 Å². The van der Waals surface area contributed by atoms with Crippen molar-refractivity contribution in [2.45, 2.75) is 129 Å². The van der Waals surface area contributed by atoms with E-state index in [-0.39, 0.29) is 12.5 Å². The molecule has 1 unspecified atom stereocenters. The van der Waals surface area contributed by atoms with E-state index < -0.39 is 5.79 Å². The Morgan fingerprint density at radius 1 is 0.769 bits per heavy atom. The molecule has 0 bridgehead atoms. The molecule has 26 heavy (non-hydrogen) atoms. The summed E-state index contributed by atoms with van der Waals surface area (Å²) in [5, 5.41) is 9.86. The van der Waals surface area contributed by atoms with E-state index in [1.54, 1.807) is 6.92 Å². The molecule has 0 aliphatic carbocycles. The van der Waals surface area contributed by atoms with Crippen LogP contribution in [0.25, 0.3) is 0 Å². The number of nitrogens with two attached hydrogens (primary N) is 1. The SMILES string of the molecule is CCCCCCCCCCCCCCCCCC(=O)OC(O)(CC)CN. The lowest BCUT2D eigenvalue weighted by molar-refractivity contribution is -0.206. The Hall–Kier alpha value is -0.610. The van der Waals surface area contributed by atoms with Gasteiger partial charge in [0.25, 0.3) is 0 Å². The Balaban J connectivity index is 3.28. The van der Waals surface area contributed by atoms with Gasteiger partial charge in [0, 0.05) is 12.8 Å². The summed E-state index contributed by atoms with van der Waals surface area (Å²) in [6, 6.07) is 0. The molecule has 0 saturated heterocycles. The number of hydrogen-bond donors (Lipinski definition) is 2. The largest absolute Gasteiger partial charge is 0.432 e. The molecule has 0 amide bonds. The molecule has 1 atom stereocenters. The third-order valence-corrected chi connectivity index (χ3v) is 5.16. The van der Waals surface area contributed by atoms with Crippen molar-refractivity contribution >= 4 is 5.97 Å². The van der Waals surface area contributed by atoms with Gasteiger partial charge in [-0.25, -0.2) is 0 Å². The van der Waals surface area contributed by atoms with Gasteiger partial charge in [0.05, 0.1) is 6.54 Å². The lowest BCUT2D eigenvalue weighted by Gasteiger charge is -2.24. The molecule has 3 N–H and O–H groups in total. The normalized spacial score (nSPS) is 13.5. The summed E-state index contributed by atoms with van der Waals surface area (Å²) in [6.07, 6.45) is 20.3. The van der Waals surface area contributed by atoms with Crippen LogP contribution < -0.4 is 5.73 Å². The molecule has 0 spiro atoms. The first-order valence-electron chi connectivity index (χ1n) is 11.2. The first-order chi connectivity index (χ1) is 12.6. The summed E-state index contributed by atoms with van der Waals surface area (Å²) < 4.78 is 5.05. The average Bonchev–Trinajstić information content (AvgIpc) is 2.64. The van der Waals surface area contributed by atoms with Crippen LogP contribution in [0.3, 0.4) is 0 Å². The molecule has 0 aromatic heterocycles. The highest BCUT2D eigenvalue weighted by Crippen LogP contribution is 2.15. The highest BCUT2D eigenvalue weighted by atomic mass is 16.7. The maximum Gasteiger partial charge on any atom is 0.308 e. The van der Waals surface area contributed by atoms with Crippen LogP contribution in [0, 0.1) is 0 Å². The molecule has 0 saturated carbocycles. The van der Waals surface area contributed by atoms with E-state index in [9.17, 15) is 9.90 Å². The molecule has 0 aliphatic rings. The molecular formula is C22H45NO3. The maximum atomic E-state index is 11.7. The molecule has 0 radical (unpaired) electrons. The van der Waals surface area contributed by atoms with Crippen molar-refractivity contribution < 1.29 is 14.6 Å². The second kappa shape index (κ2) is 17.8. The molecule has 4 heteroatoms.